The van der Waals surface area contributed by atoms with E-state index in [4.69, 9.17) is 5.73 Å². The zero-order valence-corrected chi connectivity index (χ0v) is 13.7. The van der Waals surface area contributed by atoms with Crippen molar-refractivity contribution in [2.24, 2.45) is 5.73 Å². The monoisotopic (exact) mass is 337 g/mol. The van der Waals surface area contributed by atoms with Crippen LogP contribution in [0, 0.1) is 6.92 Å². The maximum Gasteiger partial charge on any atom is 0.0522 e. The van der Waals surface area contributed by atoms with Crippen molar-refractivity contribution in [3.8, 4) is 0 Å². The van der Waals surface area contributed by atoms with E-state index in [9.17, 15) is 0 Å². The maximum absolute atomic E-state index is 6.15. The molecular weight excluding hydrogens is 314 g/mol. The van der Waals surface area contributed by atoms with Gasteiger partial charge < -0.3 is 16.0 Å². The Labute approximate surface area is 130 Å². The van der Waals surface area contributed by atoms with Gasteiger partial charge in [0.25, 0.3) is 0 Å². The Balaban J connectivity index is 1.79. The number of hydrogen-bond donors (Lipinski definition) is 2. The van der Waals surface area contributed by atoms with Crippen molar-refractivity contribution in [3.05, 3.63) is 28.2 Å². The normalized spacial score (nSPS) is 30.2. The summed E-state index contributed by atoms with van der Waals surface area (Å²) in [6.45, 7) is 5.30. The third kappa shape index (κ3) is 2.87. The van der Waals surface area contributed by atoms with Gasteiger partial charge in [-0.15, -0.1) is 0 Å². The fraction of sp³-hybridized carbons (Fsp3) is 0.625. The lowest BCUT2D eigenvalue weighted by molar-refractivity contribution is 0.145. The highest BCUT2D eigenvalue weighted by atomic mass is 79.9. The van der Waals surface area contributed by atoms with Gasteiger partial charge >= 0.3 is 0 Å². The van der Waals surface area contributed by atoms with Gasteiger partial charge in [-0.3, -0.25) is 0 Å². The summed E-state index contributed by atoms with van der Waals surface area (Å²) in [5.41, 5.74) is 8.68. The van der Waals surface area contributed by atoms with Gasteiger partial charge in [0, 0.05) is 29.3 Å². The molecule has 0 saturated carbocycles. The SMILES string of the molecule is Cc1cc(Br)cc(NC2(CN)CCN3CCCC3C2)c1. The standard InChI is InChI=1S/C16H24BrN3/c1-12-7-13(17)9-14(8-12)19-16(11-18)4-6-20-5-2-3-15(20)10-16/h7-9,15,19H,2-6,10-11,18H2,1H3. The Bertz CT molecular complexity index is 470. The van der Waals surface area contributed by atoms with E-state index in [1.807, 2.05) is 0 Å². The van der Waals surface area contributed by atoms with Crippen LogP contribution in [0.3, 0.4) is 0 Å². The van der Waals surface area contributed by atoms with Crippen LogP contribution < -0.4 is 11.1 Å². The lowest BCUT2D eigenvalue weighted by Crippen LogP contribution is -2.55. The number of nitrogens with zero attached hydrogens (tertiary/aromatic N) is 1. The van der Waals surface area contributed by atoms with E-state index < -0.39 is 0 Å². The molecular formula is C16H24BrN3. The quantitative estimate of drug-likeness (QED) is 0.890. The molecule has 110 valence electrons. The van der Waals surface area contributed by atoms with Crippen molar-refractivity contribution in [1.29, 1.82) is 0 Å². The van der Waals surface area contributed by atoms with Crippen LogP contribution in [-0.4, -0.2) is 36.1 Å². The Kier molecular flexibility index (Phi) is 4.07. The first-order valence-electron chi connectivity index (χ1n) is 7.60. The minimum Gasteiger partial charge on any atom is -0.378 e. The lowest BCUT2D eigenvalue weighted by atomic mass is 9.83. The van der Waals surface area contributed by atoms with E-state index in [2.05, 4.69) is 51.3 Å². The van der Waals surface area contributed by atoms with E-state index in [0.29, 0.717) is 6.54 Å². The highest BCUT2D eigenvalue weighted by Crippen LogP contribution is 2.35. The molecule has 2 atom stereocenters. The zero-order valence-electron chi connectivity index (χ0n) is 12.2. The van der Waals surface area contributed by atoms with Crippen molar-refractivity contribution < 1.29 is 0 Å². The Hall–Kier alpha value is -0.580. The number of hydrogen-bond acceptors (Lipinski definition) is 3. The van der Waals surface area contributed by atoms with Gasteiger partial charge in [0.2, 0.25) is 0 Å². The van der Waals surface area contributed by atoms with Gasteiger partial charge in [0.1, 0.15) is 0 Å². The molecule has 2 unspecified atom stereocenters. The van der Waals surface area contributed by atoms with Crippen LogP contribution in [-0.2, 0) is 0 Å². The van der Waals surface area contributed by atoms with Gasteiger partial charge in [0.15, 0.2) is 0 Å². The molecule has 0 bridgehead atoms. The van der Waals surface area contributed by atoms with Crippen molar-refractivity contribution >= 4 is 21.6 Å². The molecule has 4 heteroatoms. The van der Waals surface area contributed by atoms with Crippen LogP contribution in [0.1, 0.15) is 31.2 Å². The molecule has 0 aromatic heterocycles. The van der Waals surface area contributed by atoms with E-state index in [-0.39, 0.29) is 5.54 Å². The molecule has 0 amide bonds. The first-order valence-corrected chi connectivity index (χ1v) is 8.39. The van der Waals surface area contributed by atoms with Gasteiger partial charge in [-0.25, -0.2) is 0 Å². The average molecular weight is 338 g/mol. The third-order valence-corrected chi connectivity index (χ3v) is 5.30. The van der Waals surface area contributed by atoms with Crippen LogP contribution in [0.15, 0.2) is 22.7 Å². The predicted molar refractivity (Wildman–Crippen MR) is 88.1 cm³/mol. The number of nitrogens with two attached hydrogens (primary N) is 1. The van der Waals surface area contributed by atoms with Gasteiger partial charge in [-0.2, -0.15) is 0 Å². The van der Waals surface area contributed by atoms with Crippen molar-refractivity contribution in [1.82, 2.24) is 4.90 Å². The highest BCUT2D eigenvalue weighted by Gasteiger charge is 2.40. The smallest absolute Gasteiger partial charge is 0.0522 e. The van der Waals surface area contributed by atoms with E-state index in [0.717, 1.165) is 16.9 Å². The minimum absolute atomic E-state index is 0.0682. The summed E-state index contributed by atoms with van der Waals surface area (Å²) in [6, 6.07) is 7.24. The predicted octanol–water partition coefficient (Wildman–Crippen LogP) is 3.13. The van der Waals surface area contributed by atoms with Crippen LogP contribution in [0.4, 0.5) is 5.69 Å². The number of nitrogens with one attached hydrogen (secondary N) is 1. The molecule has 1 aromatic carbocycles. The van der Waals surface area contributed by atoms with Crippen LogP contribution in [0.5, 0.6) is 0 Å². The molecule has 3 nitrogen and oxygen atoms in total. The Morgan fingerprint density at radius 2 is 2.25 bits per heavy atom. The highest BCUT2D eigenvalue weighted by molar-refractivity contribution is 9.10. The number of aryl methyl sites for hydroxylation is 1. The summed E-state index contributed by atoms with van der Waals surface area (Å²) in [6.07, 6.45) is 5.00. The van der Waals surface area contributed by atoms with Gasteiger partial charge in [0.05, 0.1) is 5.54 Å². The van der Waals surface area contributed by atoms with E-state index >= 15 is 0 Å². The van der Waals surface area contributed by atoms with Crippen LogP contribution in [0.2, 0.25) is 0 Å². The van der Waals surface area contributed by atoms with Gasteiger partial charge in [-0.05, 0) is 62.9 Å². The summed E-state index contributed by atoms with van der Waals surface area (Å²) in [5.74, 6) is 0. The van der Waals surface area contributed by atoms with Crippen molar-refractivity contribution in [2.45, 2.75) is 44.2 Å². The zero-order chi connectivity index (χ0) is 14.2. The Morgan fingerprint density at radius 3 is 3.00 bits per heavy atom. The molecule has 1 aromatic rings. The molecule has 2 saturated heterocycles. The van der Waals surface area contributed by atoms with Crippen LogP contribution in [0.25, 0.3) is 0 Å². The summed E-state index contributed by atoms with van der Waals surface area (Å²) in [7, 11) is 0. The summed E-state index contributed by atoms with van der Waals surface area (Å²) >= 11 is 3.58. The molecule has 3 rings (SSSR count). The number of piperidine rings is 1. The number of halogens is 1. The third-order valence-electron chi connectivity index (χ3n) is 4.85. The topological polar surface area (TPSA) is 41.3 Å². The molecule has 20 heavy (non-hydrogen) atoms. The first-order chi connectivity index (χ1) is 9.60. The van der Waals surface area contributed by atoms with Crippen molar-refractivity contribution in [3.63, 3.8) is 0 Å². The molecule has 3 N–H and O–H groups in total. The molecule has 2 fully saturated rings. The summed E-state index contributed by atoms with van der Waals surface area (Å²) < 4.78 is 1.13. The molecule has 0 aliphatic carbocycles. The average Bonchev–Trinajstić information content (AvgIpc) is 2.84. The van der Waals surface area contributed by atoms with Crippen LogP contribution >= 0.6 is 15.9 Å². The number of anilines is 1. The number of rotatable bonds is 3. The first kappa shape index (κ1) is 14.4. The largest absolute Gasteiger partial charge is 0.378 e. The molecule has 0 spiro atoms. The molecule has 2 heterocycles. The van der Waals surface area contributed by atoms with E-state index in [1.54, 1.807) is 0 Å². The maximum atomic E-state index is 6.15. The second kappa shape index (κ2) is 5.66. The summed E-state index contributed by atoms with van der Waals surface area (Å²) in [4.78, 5) is 2.64. The Morgan fingerprint density at radius 1 is 1.40 bits per heavy atom. The molecule has 0 radical (unpaired) electrons. The second-order valence-corrected chi connectivity index (χ2v) is 7.33. The van der Waals surface area contributed by atoms with Crippen molar-refractivity contribution in [2.75, 3.05) is 25.0 Å². The molecule has 2 aliphatic heterocycles. The number of fused-ring (bicyclic) bond motifs is 1. The molecule has 2 aliphatic rings. The second-order valence-electron chi connectivity index (χ2n) is 6.41. The van der Waals surface area contributed by atoms with E-state index in [1.165, 1.54) is 43.6 Å². The number of benzene rings is 1. The fourth-order valence-corrected chi connectivity index (χ4v) is 4.40. The fourth-order valence-electron chi connectivity index (χ4n) is 3.80. The summed E-state index contributed by atoms with van der Waals surface area (Å²) in [5, 5.41) is 3.76. The lowest BCUT2D eigenvalue weighted by Gasteiger charge is -2.44. The minimum atomic E-state index is 0.0682. The van der Waals surface area contributed by atoms with Gasteiger partial charge in [-0.1, -0.05) is 15.9 Å².